The van der Waals surface area contributed by atoms with Crippen molar-refractivity contribution in [1.29, 1.82) is 0 Å². The predicted molar refractivity (Wildman–Crippen MR) is 154 cm³/mol. The zero-order valence-electron chi connectivity index (χ0n) is 24.3. The Morgan fingerprint density at radius 3 is 2.20 bits per heavy atom. The number of aliphatic hydroxyl groups is 1. The lowest BCUT2D eigenvalue weighted by Crippen LogP contribution is -2.61. The summed E-state index contributed by atoms with van der Waals surface area (Å²) >= 11 is 0. The Morgan fingerprint density at radius 1 is 0.878 bits per heavy atom. The maximum absolute atomic E-state index is 10.8. The van der Waals surface area contributed by atoms with Crippen LogP contribution in [0.1, 0.15) is 44.7 Å². The van der Waals surface area contributed by atoms with Crippen LogP contribution in [0.5, 0.6) is 0 Å². The average molecular weight is 565 g/mol. The normalized spacial score (nSPS) is 42.3. The molecule has 4 heterocycles. The fourth-order valence-electron chi connectivity index (χ4n) is 7.18. The fraction of sp³-hybridized carbons (Fsp3) is 0.588. The van der Waals surface area contributed by atoms with Crippen LogP contribution in [-0.4, -0.2) is 66.3 Å². The molecule has 0 bridgehead atoms. The van der Waals surface area contributed by atoms with Crippen molar-refractivity contribution in [1.82, 2.24) is 0 Å². The van der Waals surface area contributed by atoms with Crippen molar-refractivity contribution in [3.63, 3.8) is 0 Å². The SMILES string of the molecule is C=C[C@@H]1O[C@@H]2[C@@H](C)[C@H](OCc3ccccc3)[C@@H]3O[C@]4(C[C@H](OCc5ccccc5)CO4)[C@@H](C)[C@H](C)[C@H]3O[C@H]2C[C@H]1O. The highest BCUT2D eigenvalue weighted by atomic mass is 16.7. The first-order valence-corrected chi connectivity index (χ1v) is 15.1. The zero-order valence-corrected chi connectivity index (χ0v) is 24.3. The van der Waals surface area contributed by atoms with Crippen LogP contribution >= 0.6 is 0 Å². The van der Waals surface area contributed by atoms with Gasteiger partial charge in [-0.1, -0.05) is 87.5 Å². The third-order valence-electron chi connectivity index (χ3n) is 9.76. The lowest BCUT2D eigenvalue weighted by atomic mass is 9.75. The third-order valence-corrected chi connectivity index (χ3v) is 9.76. The number of hydrogen-bond acceptors (Lipinski definition) is 7. The highest BCUT2D eigenvalue weighted by Crippen LogP contribution is 2.50. The Kier molecular flexibility index (Phi) is 8.66. The zero-order chi connectivity index (χ0) is 28.6. The van der Waals surface area contributed by atoms with E-state index in [0.717, 1.165) is 11.1 Å². The van der Waals surface area contributed by atoms with Crippen molar-refractivity contribution in [3.05, 3.63) is 84.4 Å². The molecule has 4 saturated heterocycles. The molecule has 7 heteroatoms. The van der Waals surface area contributed by atoms with Gasteiger partial charge in [-0.2, -0.15) is 0 Å². The lowest BCUT2D eigenvalue weighted by Gasteiger charge is -2.51. The van der Waals surface area contributed by atoms with Crippen LogP contribution in [-0.2, 0) is 41.6 Å². The second-order valence-corrected chi connectivity index (χ2v) is 12.3. The maximum Gasteiger partial charge on any atom is 0.174 e. The van der Waals surface area contributed by atoms with Gasteiger partial charge in [0.05, 0.1) is 56.4 Å². The van der Waals surface area contributed by atoms with Gasteiger partial charge in [0.1, 0.15) is 12.2 Å². The molecule has 1 spiro atoms. The Balaban J connectivity index is 1.26. The third kappa shape index (κ3) is 5.78. The first kappa shape index (κ1) is 29.0. The van der Waals surface area contributed by atoms with E-state index in [0.29, 0.717) is 32.7 Å². The molecule has 12 atom stereocenters. The van der Waals surface area contributed by atoms with E-state index in [1.165, 1.54) is 0 Å². The van der Waals surface area contributed by atoms with E-state index >= 15 is 0 Å². The number of aliphatic hydroxyl groups excluding tert-OH is 1. The molecule has 0 saturated carbocycles. The summed E-state index contributed by atoms with van der Waals surface area (Å²) in [6.07, 6.45) is 0.191. The van der Waals surface area contributed by atoms with Crippen LogP contribution in [0.4, 0.5) is 0 Å². The van der Waals surface area contributed by atoms with Crippen LogP contribution < -0.4 is 0 Å². The first-order chi connectivity index (χ1) is 19.9. The minimum atomic E-state index is -0.793. The van der Waals surface area contributed by atoms with E-state index in [2.05, 4.69) is 51.6 Å². The highest BCUT2D eigenvalue weighted by Gasteiger charge is 2.61. The minimum Gasteiger partial charge on any atom is -0.390 e. The first-order valence-electron chi connectivity index (χ1n) is 15.1. The molecule has 222 valence electrons. The van der Waals surface area contributed by atoms with Crippen molar-refractivity contribution in [3.8, 4) is 0 Å². The van der Waals surface area contributed by atoms with Crippen LogP contribution in [0.25, 0.3) is 0 Å². The molecule has 2 aromatic rings. The monoisotopic (exact) mass is 564 g/mol. The standard InChI is InChI=1S/C34H44O7/c1-5-28-27(35)16-29-30(39-28)22(3)31(37-19-25-14-10-7-11-15-25)33-32(40-29)21(2)23(4)34(41-33)17-26(20-38-34)36-18-24-12-8-6-9-13-24/h5-15,21-23,26-33,35H,1,16-20H2,2-4H3/t21-,22+,23-,26-,27+,28-,29-,30+,31-,32+,33-,34+/m0/s1. The molecular weight excluding hydrogens is 520 g/mol. The Morgan fingerprint density at radius 2 is 1.54 bits per heavy atom. The van der Waals surface area contributed by atoms with E-state index in [1.807, 2.05) is 36.4 Å². The van der Waals surface area contributed by atoms with Crippen LogP contribution in [0.3, 0.4) is 0 Å². The van der Waals surface area contributed by atoms with E-state index in [9.17, 15) is 5.11 Å². The molecule has 7 nitrogen and oxygen atoms in total. The van der Waals surface area contributed by atoms with E-state index in [-0.39, 0.29) is 54.4 Å². The molecule has 4 aliphatic rings. The molecule has 0 amide bonds. The molecule has 0 unspecified atom stereocenters. The van der Waals surface area contributed by atoms with Gasteiger partial charge < -0.3 is 33.5 Å². The summed E-state index contributed by atoms with van der Waals surface area (Å²) in [7, 11) is 0. The molecule has 6 rings (SSSR count). The summed E-state index contributed by atoms with van der Waals surface area (Å²) in [4.78, 5) is 0. The fourth-order valence-corrected chi connectivity index (χ4v) is 7.18. The molecule has 1 N–H and O–H groups in total. The van der Waals surface area contributed by atoms with Crippen molar-refractivity contribution in [2.45, 2.75) is 101 Å². The van der Waals surface area contributed by atoms with E-state index in [4.69, 9.17) is 28.4 Å². The molecule has 2 aromatic carbocycles. The van der Waals surface area contributed by atoms with Crippen molar-refractivity contribution in [2.75, 3.05) is 6.61 Å². The number of benzene rings is 2. The molecular formula is C34H44O7. The van der Waals surface area contributed by atoms with Crippen LogP contribution in [0.15, 0.2) is 73.3 Å². The van der Waals surface area contributed by atoms with Gasteiger partial charge in [0.25, 0.3) is 0 Å². The number of fused-ring (bicyclic) bond motifs is 2. The van der Waals surface area contributed by atoms with E-state index in [1.54, 1.807) is 6.08 Å². The Bertz CT molecular complexity index is 1140. The van der Waals surface area contributed by atoms with Gasteiger partial charge in [-0.3, -0.25) is 0 Å². The summed E-state index contributed by atoms with van der Waals surface area (Å²) in [5.41, 5.74) is 2.24. The topological polar surface area (TPSA) is 75.6 Å². The minimum absolute atomic E-state index is 0.0575. The molecule has 4 aliphatic heterocycles. The number of hydrogen-bond donors (Lipinski definition) is 1. The maximum atomic E-state index is 10.8. The number of rotatable bonds is 7. The molecule has 4 fully saturated rings. The molecule has 0 aromatic heterocycles. The molecule has 0 radical (unpaired) electrons. The van der Waals surface area contributed by atoms with Gasteiger partial charge in [0.2, 0.25) is 0 Å². The van der Waals surface area contributed by atoms with Gasteiger partial charge in [-0.25, -0.2) is 0 Å². The summed E-state index contributed by atoms with van der Waals surface area (Å²) in [5, 5.41) is 10.8. The van der Waals surface area contributed by atoms with Crippen molar-refractivity contribution in [2.24, 2.45) is 17.8 Å². The average Bonchev–Trinajstić information content (AvgIpc) is 3.37. The smallest absolute Gasteiger partial charge is 0.174 e. The summed E-state index contributed by atoms with van der Waals surface area (Å²) in [6, 6.07) is 20.4. The Hall–Kier alpha value is -2.10. The highest BCUT2D eigenvalue weighted by molar-refractivity contribution is 5.15. The predicted octanol–water partition coefficient (Wildman–Crippen LogP) is 5.05. The van der Waals surface area contributed by atoms with Crippen LogP contribution in [0, 0.1) is 17.8 Å². The van der Waals surface area contributed by atoms with Crippen LogP contribution in [0.2, 0.25) is 0 Å². The quantitative estimate of drug-likeness (QED) is 0.472. The van der Waals surface area contributed by atoms with E-state index < -0.39 is 18.0 Å². The number of ether oxygens (including phenoxy) is 6. The summed E-state index contributed by atoms with van der Waals surface area (Å²) < 4.78 is 39.9. The van der Waals surface area contributed by atoms with Gasteiger partial charge >= 0.3 is 0 Å². The Labute approximate surface area is 243 Å². The van der Waals surface area contributed by atoms with Gasteiger partial charge in [-0.05, 0) is 17.0 Å². The van der Waals surface area contributed by atoms with Crippen molar-refractivity contribution < 1.29 is 33.5 Å². The lowest BCUT2D eigenvalue weighted by molar-refractivity contribution is -0.341. The molecule has 41 heavy (non-hydrogen) atoms. The molecule has 0 aliphatic carbocycles. The summed E-state index contributed by atoms with van der Waals surface area (Å²) in [6.45, 7) is 11.9. The van der Waals surface area contributed by atoms with Gasteiger partial charge in [0.15, 0.2) is 5.79 Å². The van der Waals surface area contributed by atoms with Gasteiger partial charge in [0, 0.05) is 24.7 Å². The second-order valence-electron chi connectivity index (χ2n) is 12.3. The summed E-state index contributed by atoms with van der Waals surface area (Å²) in [5.74, 6) is -0.674. The van der Waals surface area contributed by atoms with Crippen molar-refractivity contribution >= 4 is 0 Å². The largest absolute Gasteiger partial charge is 0.390 e. The van der Waals surface area contributed by atoms with Gasteiger partial charge in [-0.15, -0.1) is 6.58 Å². The second kappa shape index (κ2) is 12.3.